The zero-order valence-corrected chi connectivity index (χ0v) is 16.5. The molecule has 0 aromatic heterocycles. The smallest absolute Gasteiger partial charge is 0.336 e. The van der Waals surface area contributed by atoms with Gasteiger partial charge in [-0.3, -0.25) is 0 Å². The molecule has 1 atom stereocenters. The number of allylic oxidation sites excluding steroid dienone is 3. The molecule has 1 N–H and O–H groups in total. The SMILES string of the molecule is COC(=O)C1=C(C)NC(C)=CC1c1ccccc1OCSc1ccccc1. The highest BCUT2D eigenvalue weighted by molar-refractivity contribution is 7.99. The van der Waals surface area contributed by atoms with Crippen molar-refractivity contribution >= 4 is 17.7 Å². The van der Waals surface area contributed by atoms with Crippen LogP contribution in [0.1, 0.15) is 25.3 Å². The molecule has 0 saturated heterocycles. The molecule has 1 aliphatic rings. The number of methoxy groups -OCH3 is 1. The van der Waals surface area contributed by atoms with Crippen molar-refractivity contribution in [1.29, 1.82) is 0 Å². The van der Waals surface area contributed by atoms with E-state index in [1.165, 1.54) is 7.11 Å². The number of ether oxygens (including phenoxy) is 2. The number of thioether (sulfide) groups is 1. The zero-order chi connectivity index (χ0) is 19.2. The van der Waals surface area contributed by atoms with Crippen LogP contribution in [-0.2, 0) is 9.53 Å². The number of nitrogens with one attached hydrogen (secondary N) is 1. The van der Waals surface area contributed by atoms with E-state index in [1.54, 1.807) is 11.8 Å². The Morgan fingerprint density at radius 2 is 1.78 bits per heavy atom. The third kappa shape index (κ3) is 4.55. The fraction of sp³-hybridized carbons (Fsp3) is 0.227. The second kappa shape index (κ2) is 8.82. The van der Waals surface area contributed by atoms with Gasteiger partial charge >= 0.3 is 5.97 Å². The highest BCUT2D eigenvalue weighted by Gasteiger charge is 2.29. The molecule has 1 heterocycles. The summed E-state index contributed by atoms with van der Waals surface area (Å²) in [5.41, 5.74) is 3.36. The molecule has 2 aromatic carbocycles. The predicted octanol–water partition coefficient (Wildman–Crippen LogP) is 4.85. The van der Waals surface area contributed by atoms with E-state index < -0.39 is 0 Å². The van der Waals surface area contributed by atoms with E-state index in [4.69, 9.17) is 9.47 Å². The second-order valence-corrected chi connectivity index (χ2v) is 7.24. The number of carbonyl (C=O) groups is 1. The summed E-state index contributed by atoms with van der Waals surface area (Å²) in [6, 6.07) is 18.0. The first kappa shape index (κ1) is 19.1. The topological polar surface area (TPSA) is 47.6 Å². The predicted molar refractivity (Wildman–Crippen MR) is 109 cm³/mol. The maximum atomic E-state index is 12.4. The molecule has 0 fully saturated rings. The summed E-state index contributed by atoms with van der Waals surface area (Å²) in [6.07, 6.45) is 2.03. The van der Waals surface area contributed by atoms with Crippen molar-refractivity contribution in [3.05, 3.63) is 83.2 Å². The van der Waals surface area contributed by atoms with Crippen molar-refractivity contribution in [1.82, 2.24) is 5.32 Å². The van der Waals surface area contributed by atoms with Gasteiger partial charge in [0.25, 0.3) is 0 Å². The van der Waals surface area contributed by atoms with Crippen molar-refractivity contribution in [3.63, 3.8) is 0 Å². The van der Waals surface area contributed by atoms with Gasteiger partial charge in [0.15, 0.2) is 0 Å². The van der Waals surface area contributed by atoms with Crippen LogP contribution in [0.25, 0.3) is 0 Å². The molecule has 2 aromatic rings. The van der Waals surface area contributed by atoms with E-state index in [9.17, 15) is 4.79 Å². The molecule has 0 saturated carbocycles. The number of carbonyl (C=O) groups excluding carboxylic acids is 1. The molecule has 0 amide bonds. The molecule has 4 nitrogen and oxygen atoms in total. The van der Waals surface area contributed by atoms with Crippen LogP contribution in [0.3, 0.4) is 0 Å². The Hall–Kier alpha value is -2.66. The Labute approximate surface area is 164 Å². The summed E-state index contributed by atoms with van der Waals surface area (Å²) in [5, 5.41) is 3.22. The van der Waals surface area contributed by atoms with Gasteiger partial charge in [-0.15, -0.1) is 0 Å². The summed E-state index contributed by atoms with van der Waals surface area (Å²) in [5.74, 6) is 0.718. The van der Waals surface area contributed by atoms with Gasteiger partial charge in [0, 0.05) is 27.8 Å². The Bertz CT molecular complexity index is 874. The van der Waals surface area contributed by atoms with Gasteiger partial charge in [-0.25, -0.2) is 4.79 Å². The van der Waals surface area contributed by atoms with E-state index in [0.717, 1.165) is 27.6 Å². The van der Waals surface area contributed by atoms with Crippen LogP contribution >= 0.6 is 11.8 Å². The summed E-state index contributed by atoms with van der Waals surface area (Å²) in [6.45, 7) is 3.88. The third-order valence-corrected chi connectivity index (χ3v) is 5.20. The van der Waals surface area contributed by atoms with Crippen molar-refractivity contribution in [3.8, 4) is 5.75 Å². The van der Waals surface area contributed by atoms with Crippen LogP contribution in [0.2, 0.25) is 0 Å². The van der Waals surface area contributed by atoms with Crippen LogP contribution in [0.4, 0.5) is 0 Å². The lowest BCUT2D eigenvalue weighted by Gasteiger charge is -2.26. The summed E-state index contributed by atoms with van der Waals surface area (Å²) in [7, 11) is 1.41. The van der Waals surface area contributed by atoms with Crippen LogP contribution in [0.15, 0.2) is 82.5 Å². The fourth-order valence-electron chi connectivity index (χ4n) is 3.15. The van der Waals surface area contributed by atoms with E-state index in [2.05, 4.69) is 17.4 Å². The molecule has 140 valence electrons. The second-order valence-electron chi connectivity index (χ2n) is 6.24. The maximum Gasteiger partial charge on any atom is 0.336 e. The molecule has 0 bridgehead atoms. The lowest BCUT2D eigenvalue weighted by Crippen LogP contribution is -2.25. The molecule has 1 aliphatic heterocycles. The molecular formula is C22H23NO3S. The molecular weight excluding hydrogens is 358 g/mol. The van der Waals surface area contributed by atoms with E-state index >= 15 is 0 Å². The Morgan fingerprint density at radius 3 is 2.52 bits per heavy atom. The van der Waals surface area contributed by atoms with Crippen LogP contribution in [-0.4, -0.2) is 19.0 Å². The first-order chi connectivity index (χ1) is 13.1. The van der Waals surface area contributed by atoms with Gasteiger partial charge in [0.2, 0.25) is 0 Å². The average molecular weight is 381 g/mol. The van der Waals surface area contributed by atoms with Crippen molar-refractivity contribution in [2.75, 3.05) is 13.0 Å². The molecule has 27 heavy (non-hydrogen) atoms. The highest BCUT2D eigenvalue weighted by atomic mass is 32.2. The minimum absolute atomic E-state index is 0.211. The molecule has 0 aliphatic carbocycles. The van der Waals surface area contributed by atoms with Crippen molar-refractivity contribution in [2.45, 2.75) is 24.7 Å². The molecule has 0 radical (unpaired) electrons. The van der Waals surface area contributed by atoms with Crippen LogP contribution in [0, 0.1) is 0 Å². The number of para-hydroxylation sites is 1. The monoisotopic (exact) mass is 381 g/mol. The average Bonchev–Trinajstić information content (AvgIpc) is 2.68. The number of dihydropyridines is 1. The Morgan fingerprint density at radius 1 is 1.07 bits per heavy atom. The molecule has 0 spiro atoms. The molecule has 1 unspecified atom stereocenters. The largest absolute Gasteiger partial charge is 0.482 e. The van der Waals surface area contributed by atoms with Crippen LogP contribution < -0.4 is 10.1 Å². The number of rotatable bonds is 6. The third-order valence-electron chi connectivity index (χ3n) is 4.36. The van der Waals surface area contributed by atoms with E-state index in [0.29, 0.717) is 11.5 Å². The number of esters is 1. The number of benzene rings is 2. The molecule has 3 rings (SSSR count). The Kier molecular flexibility index (Phi) is 6.24. The number of hydrogen-bond acceptors (Lipinski definition) is 5. The summed E-state index contributed by atoms with van der Waals surface area (Å²) < 4.78 is 11.1. The zero-order valence-electron chi connectivity index (χ0n) is 15.7. The normalized spacial score (nSPS) is 16.4. The standard InChI is InChI=1S/C22H23NO3S/c1-15-13-19(21(16(2)23-15)22(24)25-3)18-11-7-8-12-20(18)26-14-27-17-9-5-4-6-10-17/h4-13,19,23H,14H2,1-3H3. The minimum atomic E-state index is -0.331. The highest BCUT2D eigenvalue weighted by Crippen LogP contribution is 2.37. The molecule has 5 heteroatoms. The van der Waals surface area contributed by atoms with Gasteiger partial charge < -0.3 is 14.8 Å². The summed E-state index contributed by atoms with van der Waals surface area (Å²) in [4.78, 5) is 13.5. The van der Waals surface area contributed by atoms with Crippen molar-refractivity contribution in [2.24, 2.45) is 0 Å². The summed E-state index contributed by atoms with van der Waals surface area (Å²) >= 11 is 1.63. The first-order valence-electron chi connectivity index (χ1n) is 8.74. The van der Waals surface area contributed by atoms with Gasteiger partial charge in [-0.2, -0.15) is 0 Å². The maximum absolute atomic E-state index is 12.4. The lowest BCUT2D eigenvalue weighted by atomic mass is 9.86. The van der Waals surface area contributed by atoms with E-state index in [-0.39, 0.29) is 11.9 Å². The number of hydrogen-bond donors (Lipinski definition) is 1. The fourth-order valence-corrected chi connectivity index (χ4v) is 3.82. The van der Waals surface area contributed by atoms with E-state index in [1.807, 2.05) is 62.4 Å². The first-order valence-corrected chi connectivity index (χ1v) is 9.73. The minimum Gasteiger partial charge on any atom is -0.482 e. The lowest BCUT2D eigenvalue weighted by molar-refractivity contribution is -0.136. The Balaban J connectivity index is 1.85. The van der Waals surface area contributed by atoms with Crippen LogP contribution in [0.5, 0.6) is 5.75 Å². The van der Waals surface area contributed by atoms with Gasteiger partial charge in [-0.1, -0.05) is 54.2 Å². The van der Waals surface area contributed by atoms with Gasteiger partial charge in [-0.05, 0) is 32.0 Å². The quantitative estimate of drug-likeness (QED) is 0.440. The van der Waals surface area contributed by atoms with Crippen molar-refractivity contribution < 1.29 is 14.3 Å². The van der Waals surface area contributed by atoms with Gasteiger partial charge in [0.1, 0.15) is 11.7 Å². The van der Waals surface area contributed by atoms with Gasteiger partial charge in [0.05, 0.1) is 12.7 Å².